The van der Waals surface area contributed by atoms with Gasteiger partial charge in [0.1, 0.15) is 0 Å². The van der Waals surface area contributed by atoms with Crippen LogP contribution in [0.1, 0.15) is 28.4 Å². The normalized spacial score (nSPS) is 12.1. The van der Waals surface area contributed by atoms with E-state index in [-0.39, 0.29) is 11.0 Å². The Morgan fingerprint density at radius 2 is 1.79 bits per heavy atom. The van der Waals surface area contributed by atoms with Crippen LogP contribution in [0.25, 0.3) is 5.69 Å². The van der Waals surface area contributed by atoms with E-state index in [0.717, 1.165) is 16.8 Å². The molecule has 0 spiro atoms. The molecule has 24 heavy (non-hydrogen) atoms. The van der Waals surface area contributed by atoms with Gasteiger partial charge in [-0.25, -0.2) is 0 Å². The molecular weight excluding hydrogens is 320 g/mol. The number of carbonyl (C=O) groups excluding carboxylic acids is 1. The molecule has 0 radical (unpaired) electrons. The second-order valence-corrected chi connectivity index (χ2v) is 6.96. The van der Waals surface area contributed by atoms with Crippen molar-refractivity contribution in [3.05, 3.63) is 65.2 Å². The summed E-state index contributed by atoms with van der Waals surface area (Å²) in [5, 5.41) is 12.2. The number of benzene rings is 2. The first-order valence-electron chi connectivity index (χ1n) is 7.68. The van der Waals surface area contributed by atoms with Gasteiger partial charge in [0, 0.05) is 5.56 Å². The molecule has 0 aliphatic heterocycles. The van der Waals surface area contributed by atoms with Crippen molar-refractivity contribution in [2.75, 3.05) is 0 Å². The molecule has 3 aromatic rings. The van der Waals surface area contributed by atoms with E-state index in [4.69, 9.17) is 0 Å². The Hall–Kier alpha value is -2.47. The Morgan fingerprint density at radius 1 is 1.08 bits per heavy atom. The molecule has 0 amide bonds. The smallest absolute Gasteiger partial charge is 0.214 e. The van der Waals surface area contributed by atoms with Crippen LogP contribution in [-0.2, 0) is 0 Å². The Labute approximate surface area is 145 Å². The van der Waals surface area contributed by atoms with Crippen LogP contribution in [-0.4, -0.2) is 31.2 Å². The zero-order valence-corrected chi connectivity index (χ0v) is 14.6. The predicted octanol–water partition coefficient (Wildman–Crippen LogP) is 3.64. The second kappa shape index (κ2) is 6.97. The van der Waals surface area contributed by atoms with Crippen LogP contribution in [0.4, 0.5) is 0 Å². The lowest BCUT2D eigenvalue weighted by molar-refractivity contribution is 0.0994. The number of para-hydroxylation sites is 1. The SMILES string of the molecule is Cc1ccc(C(=O)C(C)Sc2nnnn2-c2ccccc2C)cc1. The monoisotopic (exact) mass is 338 g/mol. The molecule has 6 heteroatoms. The van der Waals surface area contributed by atoms with Crippen molar-refractivity contribution in [1.29, 1.82) is 0 Å². The molecule has 3 rings (SSSR count). The van der Waals surface area contributed by atoms with Gasteiger partial charge in [-0.2, -0.15) is 4.68 Å². The summed E-state index contributed by atoms with van der Waals surface area (Å²) in [6, 6.07) is 15.5. The van der Waals surface area contributed by atoms with E-state index in [1.807, 2.05) is 69.3 Å². The van der Waals surface area contributed by atoms with Crippen LogP contribution in [0.2, 0.25) is 0 Å². The molecule has 0 fully saturated rings. The minimum Gasteiger partial charge on any atom is -0.293 e. The highest BCUT2D eigenvalue weighted by Gasteiger charge is 2.20. The van der Waals surface area contributed by atoms with E-state index in [1.165, 1.54) is 11.8 Å². The third-order valence-electron chi connectivity index (χ3n) is 3.77. The number of hydrogen-bond acceptors (Lipinski definition) is 5. The lowest BCUT2D eigenvalue weighted by Gasteiger charge is -2.11. The zero-order valence-electron chi connectivity index (χ0n) is 13.8. The fourth-order valence-corrected chi connectivity index (χ4v) is 3.25. The van der Waals surface area contributed by atoms with Crippen molar-refractivity contribution in [3.8, 4) is 5.69 Å². The molecule has 0 saturated carbocycles. The number of Topliss-reactive ketones (excluding diaryl/α,β-unsaturated/α-hetero) is 1. The zero-order chi connectivity index (χ0) is 17.1. The largest absolute Gasteiger partial charge is 0.293 e. The topological polar surface area (TPSA) is 60.7 Å². The average Bonchev–Trinajstić information content (AvgIpc) is 3.03. The van der Waals surface area contributed by atoms with Gasteiger partial charge in [-0.3, -0.25) is 4.79 Å². The van der Waals surface area contributed by atoms with Gasteiger partial charge in [0.05, 0.1) is 10.9 Å². The Morgan fingerprint density at radius 3 is 2.50 bits per heavy atom. The molecule has 5 nitrogen and oxygen atoms in total. The summed E-state index contributed by atoms with van der Waals surface area (Å²) in [5.41, 5.74) is 3.83. The highest BCUT2D eigenvalue weighted by atomic mass is 32.2. The quantitative estimate of drug-likeness (QED) is 0.525. The summed E-state index contributed by atoms with van der Waals surface area (Å²) in [5.74, 6) is 0.0688. The molecule has 1 atom stereocenters. The summed E-state index contributed by atoms with van der Waals surface area (Å²) in [7, 11) is 0. The number of thioether (sulfide) groups is 1. The molecule has 2 aromatic carbocycles. The summed E-state index contributed by atoms with van der Waals surface area (Å²) in [4.78, 5) is 12.6. The average molecular weight is 338 g/mol. The maximum Gasteiger partial charge on any atom is 0.214 e. The first-order chi connectivity index (χ1) is 11.6. The number of aromatic nitrogens is 4. The number of carbonyl (C=O) groups is 1. The molecule has 1 unspecified atom stereocenters. The first-order valence-corrected chi connectivity index (χ1v) is 8.56. The van der Waals surface area contributed by atoms with Gasteiger partial charge in [0.15, 0.2) is 5.78 Å². The lowest BCUT2D eigenvalue weighted by Crippen LogP contribution is -2.14. The number of rotatable bonds is 5. The van der Waals surface area contributed by atoms with E-state index >= 15 is 0 Å². The molecule has 0 saturated heterocycles. The van der Waals surface area contributed by atoms with Crippen LogP contribution in [0, 0.1) is 13.8 Å². The van der Waals surface area contributed by atoms with Gasteiger partial charge in [-0.15, -0.1) is 5.10 Å². The molecular formula is C18H18N4OS. The molecule has 1 aromatic heterocycles. The van der Waals surface area contributed by atoms with Gasteiger partial charge in [-0.05, 0) is 42.8 Å². The Balaban J connectivity index is 1.82. The standard InChI is InChI=1S/C18H18N4OS/c1-12-8-10-15(11-9-12)17(23)14(3)24-18-19-20-21-22(18)16-7-5-4-6-13(16)2/h4-11,14H,1-3H3. The number of aryl methyl sites for hydroxylation is 2. The number of nitrogens with zero attached hydrogens (tertiary/aromatic N) is 4. The van der Waals surface area contributed by atoms with Crippen LogP contribution >= 0.6 is 11.8 Å². The maximum absolute atomic E-state index is 12.6. The fourth-order valence-electron chi connectivity index (χ4n) is 2.37. The molecule has 0 bridgehead atoms. The molecule has 122 valence electrons. The summed E-state index contributed by atoms with van der Waals surface area (Å²) >= 11 is 1.36. The van der Waals surface area contributed by atoms with Crippen LogP contribution < -0.4 is 0 Å². The summed E-state index contributed by atoms with van der Waals surface area (Å²) in [6.07, 6.45) is 0. The highest BCUT2D eigenvalue weighted by Crippen LogP contribution is 2.26. The van der Waals surface area contributed by atoms with E-state index in [1.54, 1.807) is 4.68 Å². The van der Waals surface area contributed by atoms with Crippen molar-refractivity contribution in [1.82, 2.24) is 20.2 Å². The highest BCUT2D eigenvalue weighted by molar-refractivity contribution is 8.00. The van der Waals surface area contributed by atoms with E-state index in [2.05, 4.69) is 15.5 Å². The van der Waals surface area contributed by atoms with Crippen molar-refractivity contribution in [2.45, 2.75) is 31.2 Å². The third kappa shape index (κ3) is 3.38. The van der Waals surface area contributed by atoms with Crippen molar-refractivity contribution in [2.24, 2.45) is 0 Å². The minimum absolute atomic E-state index is 0.0688. The van der Waals surface area contributed by atoms with Gasteiger partial charge in [0.2, 0.25) is 5.16 Å². The summed E-state index contributed by atoms with van der Waals surface area (Å²) < 4.78 is 1.68. The van der Waals surface area contributed by atoms with Crippen LogP contribution in [0.3, 0.4) is 0 Å². The number of ketones is 1. The van der Waals surface area contributed by atoms with Crippen molar-refractivity contribution >= 4 is 17.5 Å². The lowest BCUT2D eigenvalue weighted by atomic mass is 10.1. The summed E-state index contributed by atoms with van der Waals surface area (Å²) in [6.45, 7) is 5.89. The Bertz CT molecular complexity index is 857. The number of tetrazole rings is 1. The van der Waals surface area contributed by atoms with E-state index in [9.17, 15) is 4.79 Å². The molecule has 1 heterocycles. The number of hydrogen-bond donors (Lipinski definition) is 0. The maximum atomic E-state index is 12.6. The first kappa shape index (κ1) is 16.4. The molecule has 0 N–H and O–H groups in total. The fraction of sp³-hybridized carbons (Fsp3) is 0.222. The Kier molecular flexibility index (Phi) is 4.76. The third-order valence-corrected chi connectivity index (χ3v) is 4.81. The van der Waals surface area contributed by atoms with E-state index in [0.29, 0.717) is 10.7 Å². The van der Waals surface area contributed by atoms with Gasteiger partial charge in [-0.1, -0.05) is 59.8 Å². The van der Waals surface area contributed by atoms with Gasteiger partial charge >= 0.3 is 0 Å². The van der Waals surface area contributed by atoms with Gasteiger partial charge < -0.3 is 0 Å². The van der Waals surface area contributed by atoms with Crippen molar-refractivity contribution < 1.29 is 4.79 Å². The molecule has 0 aliphatic carbocycles. The van der Waals surface area contributed by atoms with Crippen LogP contribution in [0.5, 0.6) is 0 Å². The van der Waals surface area contributed by atoms with Crippen molar-refractivity contribution in [3.63, 3.8) is 0 Å². The van der Waals surface area contributed by atoms with Gasteiger partial charge in [0.25, 0.3) is 0 Å². The predicted molar refractivity (Wildman–Crippen MR) is 94.7 cm³/mol. The molecule has 0 aliphatic rings. The van der Waals surface area contributed by atoms with Crippen LogP contribution in [0.15, 0.2) is 53.7 Å². The van der Waals surface area contributed by atoms with E-state index < -0.39 is 0 Å². The second-order valence-electron chi connectivity index (χ2n) is 5.65. The minimum atomic E-state index is -0.276.